The number of aliphatic carboxylic acids is 1. The molecule has 1 heterocycles. The number of carboxylic acids is 1. The smallest absolute Gasteiger partial charge is 0.326 e. The number of ether oxygens (including phenoxy) is 1. The van der Waals surface area contributed by atoms with E-state index in [4.69, 9.17) is 10.5 Å². The molecule has 0 fully saturated rings. The first-order chi connectivity index (χ1) is 20.7. The summed E-state index contributed by atoms with van der Waals surface area (Å²) in [5, 5.41) is 20.6. The van der Waals surface area contributed by atoms with Crippen molar-refractivity contribution >= 4 is 59.0 Å². The zero-order valence-electron chi connectivity index (χ0n) is 26.5. The second-order valence-corrected chi connectivity index (χ2v) is 13.6. The lowest BCUT2D eigenvalue weighted by Gasteiger charge is -2.33. The van der Waals surface area contributed by atoms with Crippen LogP contribution in [0.1, 0.15) is 60.5 Å². The third-order valence-corrected chi connectivity index (χ3v) is 6.92. The lowest BCUT2D eigenvalue weighted by Crippen LogP contribution is -2.62. The Labute approximate surface area is 267 Å². The Bertz CT molecular complexity index is 1410. The Balaban J connectivity index is 2.36. The molecule has 0 saturated heterocycles. The van der Waals surface area contributed by atoms with E-state index in [1.807, 2.05) is 24.3 Å². The van der Waals surface area contributed by atoms with Gasteiger partial charge in [0.25, 0.3) is 0 Å². The van der Waals surface area contributed by atoms with Gasteiger partial charge in [0, 0.05) is 35.2 Å². The number of nitrogens with one attached hydrogen (secondary N) is 5. The Morgan fingerprint density at radius 3 is 2.07 bits per heavy atom. The van der Waals surface area contributed by atoms with Crippen LogP contribution in [0.25, 0.3) is 10.9 Å². The summed E-state index contributed by atoms with van der Waals surface area (Å²) in [7, 11) is 0. The number of thiol groups is 1. The number of rotatable bonds is 15. The van der Waals surface area contributed by atoms with Gasteiger partial charge in [-0.25, -0.2) is 4.79 Å². The van der Waals surface area contributed by atoms with E-state index in [1.54, 1.807) is 40.8 Å². The van der Waals surface area contributed by atoms with E-state index in [0.29, 0.717) is 5.56 Å². The fraction of sp³-hybridized carbons (Fsp3) is 0.533. The number of hydrogen-bond donors (Lipinski definition) is 8. The second kappa shape index (κ2) is 15.3. The highest BCUT2D eigenvalue weighted by atomic mass is 32.1. The van der Waals surface area contributed by atoms with Crippen molar-refractivity contribution in [1.29, 1.82) is 0 Å². The molecule has 0 radical (unpaired) electrons. The molecule has 14 nitrogen and oxygen atoms in total. The SMILES string of the molecule is CC(=O)N[C@H](C(=O)N[C@@H](CC(N)=O)C(=O)N[C@H](C(=O)N[C@@H](Cc1c[nH]c2ccccc12)C(=O)O)[C@@H](C)OC(C)(C)C)C(C)(C)S. The normalized spacial score (nSPS) is 15.2. The Morgan fingerprint density at radius 2 is 1.53 bits per heavy atom. The maximum Gasteiger partial charge on any atom is 0.326 e. The predicted molar refractivity (Wildman–Crippen MR) is 170 cm³/mol. The van der Waals surface area contributed by atoms with Gasteiger partial charge in [-0.3, -0.25) is 24.0 Å². The molecule has 2 aromatic rings. The minimum atomic E-state index is -1.56. The lowest BCUT2D eigenvalue weighted by molar-refractivity contribution is -0.145. The van der Waals surface area contributed by atoms with Crippen molar-refractivity contribution in [3.8, 4) is 0 Å². The van der Waals surface area contributed by atoms with Crippen LogP contribution >= 0.6 is 12.6 Å². The number of amides is 5. The van der Waals surface area contributed by atoms with Gasteiger partial charge in [-0.2, -0.15) is 12.6 Å². The molecular formula is C30H44N6O8S. The molecule has 0 saturated carbocycles. The molecule has 8 N–H and O–H groups in total. The number of hydrogen-bond acceptors (Lipinski definition) is 8. The van der Waals surface area contributed by atoms with Crippen molar-refractivity contribution in [2.45, 2.75) is 102 Å². The summed E-state index contributed by atoms with van der Waals surface area (Å²) in [6, 6.07) is 1.70. The summed E-state index contributed by atoms with van der Waals surface area (Å²) >= 11 is 4.37. The number of para-hydroxylation sites is 1. The average molecular weight is 649 g/mol. The van der Waals surface area contributed by atoms with E-state index < -0.39 is 82.5 Å². The minimum Gasteiger partial charge on any atom is -0.480 e. The Kier molecular flexibility index (Phi) is 12.6. The first-order valence-electron chi connectivity index (χ1n) is 14.3. The molecule has 0 aliphatic rings. The van der Waals surface area contributed by atoms with Gasteiger partial charge < -0.3 is 41.8 Å². The first kappa shape index (κ1) is 37.1. The molecule has 248 valence electrons. The van der Waals surface area contributed by atoms with Gasteiger partial charge in [0.2, 0.25) is 29.5 Å². The fourth-order valence-corrected chi connectivity index (χ4v) is 4.87. The Hall–Kier alpha value is -4.11. The second-order valence-electron chi connectivity index (χ2n) is 12.4. The summed E-state index contributed by atoms with van der Waals surface area (Å²) in [5.41, 5.74) is 6.04. The molecule has 1 aromatic carbocycles. The third kappa shape index (κ3) is 11.4. The van der Waals surface area contributed by atoms with E-state index in [0.717, 1.165) is 10.9 Å². The molecule has 0 aliphatic heterocycles. The molecular weight excluding hydrogens is 604 g/mol. The summed E-state index contributed by atoms with van der Waals surface area (Å²) in [6.07, 6.45) is -0.0391. The maximum absolute atomic E-state index is 13.6. The summed E-state index contributed by atoms with van der Waals surface area (Å²) in [5.74, 6) is -5.42. The molecule has 1 aromatic heterocycles. The van der Waals surface area contributed by atoms with Crippen LogP contribution in [0.15, 0.2) is 30.5 Å². The number of H-pyrrole nitrogens is 1. The van der Waals surface area contributed by atoms with Crippen molar-refractivity contribution < 1.29 is 38.6 Å². The molecule has 5 atom stereocenters. The van der Waals surface area contributed by atoms with Crippen molar-refractivity contribution in [3.63, 3.8) is 0 Å². The lowest BCUT2D eigenvalue weighted by atomic mass is 10.0. The van der Waals surface area contributed by atoms with Crippen LogP contribution in [0, 0.1) is 0 Å². The van der Waals surface area contributed by atoms with E-state index in [2.05, 4.69) is 38.9 Å². The van der Waals surface area contributed by atoms with E-state index >= 15 is 0 Å². The van der Waals surface area contributed by atoms with Gasteiger partial charge in [0.05, 0.1) is 18.1 Å². The van der Waals surface area contributed by atoms with Crippen molar-refractivity contribution in [3.05, 3.63) is 36.0 Å². The molecule has 5 amide bonds. The van der Waals surface area contributed by atoms with E-state index in [9.17, 15) is 33.9 Å². The Morgan fingerprint density at radius 1 is 0.933 bits per heavy atom. The van der Waals surface area contributed by atoms with Gasteiger partial charge in [-0.05, 0) is 53.2 Å². The highest BCUT2D eigenvalue weighted by Crippen LogP contribution is 2.20. The maximum atomic E-state index is 13.6. The first-order valence-corrected chi connectivity index (χ1v) is 14.8. The zero-order valence-corrected chi connectivity index (χ0v) is 27.4. The van der Waals surface area contributed by atoms with Crippen LogP contribution in [0.4, 0.5) is 0 Å². The largest absolute Gasteiger partial charge is 0.480 e. The molecule has 45 heavy (non-hydrogen) atoms. The van der Waals surface area contributed by atoms with Crippen molar-refractivity contribution in [1.82, 2.24) is 26.3 Å². The highest BCUT2D eigenvalue weighted by Gasteiger charge is 2.38. The number of benzene rings is 1. The van der Waals surface area contributed by atoms with Crippen molar-refractivity contribution in [2.24, 2.45) is 5.73 Å². The number of nitrogens with two attached hydrogens (primary N) is 1. The fourth-order valence-electron chi connectivity index (χ4n) is 4.69. The number of carbonyl (C=O) groups excluding carboxylic acids is 5. The number of aromatic nitrogens is 1. The van der Waals surface area contributed by atoms with Gasteiger partial charge in [-0.15, -0.1) is 0 Å². The molecule has 0 bridgehead atoms. The predicted octanol–water partition coefficient (Wildman–Crippen LogP) is 0.542. The van der Waals surface area contributed by atoms with Gasteiger partial charge in [-0.1, -0.05) is 18.2 Å². The van der Waals surface area contributed by atoms with Crippen molar-refractivity contribution in [2.75, 3.05) is 0 Å². The molecule has 15 heteroatoms. The number of aromatic amines is 1. The molecule has 0 aliphatic carbocycles. The highest BCUT2D eigenvalue weighted by molar-refractivity contribution is 7.81. The number of primary amides is 1. The molecule has 2 rings (SSSR count). The third-order valence-electron chi connectivity index (χ3n) is 6.66. The summed E-state index contributed by atoms with van der Waals surface area (Å²) in [4.78, 5) is 79.2. The monoisotopic (exact) mass is 648 g/mol. The van der Waals surface area contributed by atoms with E-state index in [-0.39, 0.29) is 6.42 Å². The topological polar surface area (TPSA) is 222 Å². The number of fused-ring (bicyclic) bond motifs is 1. The van der Waals surface area contributed by atoms with Gasteiger partial charge in [0.15, 0.2) is 0 Å². The number of carboxylic acid groups (broad SMARTS) is 1. The quantitative estimate of drug-likeness (QED) is 0.127. The molecule has 0 spiro atoms. The van der Waals surface area contributed by atoms with Crippen LogP contribution in [-0.2, 0) is 39.9 Å². The van der Waals surface area contributed by atoms with E-state index in [1.165, 1.54) is 13.8 Å². The van der Waals surface area contributed by atoms with Crippen LogP contribution in [0.2, 0.25) is 0 Å². The minimum absolute atomic E-state index is 0.0648. The van der Waals surface area contributed by atoms with Crippen LogP contribution < -0.4 is 27.0 Å². The number of carbonyl (C=O) groups is 6. The van der Waals surface area contributed by atoms with Gasteiger partial charge >= 0.3 is 5.97 Å². The van der Waals surface area contributed by atoms with Crippen LogP contribution in [0.3, 0.4) is 0 Å². The van der Waals surface area contributed by atoms with Crippen LogP contribution in [0.5, 0.6) is 0 Å². The van der Waals surface area contributed by atoms with Crippen LogP contribution in [-0.4, -0.2) is 86.2 Å². The zero-order chi connectivity index (χ0) is 34.3. The average Bonchev–Trinajstić information content (AvgIpc) is 3.29. The van der Waals surface area contributed by atoms with Gasteiger partial charge in [0.1, 0.15) is 24.2 Å². The summed E-state index contributed by atoms with van der Waals surface area (Å²) < 4.78 is 4.86. The molecule has 0 unspecified atom stereocenters. The standard InChI is InChI=1S/C30H44N6O8S/c1-15(44-29(3,4)5)23(26(40)35-21(28(42)43)12-17-14-32-19-11-9-8-10-18(17)19)36-25(39)20(13-22(31)38)34-27(41)24(30(6,7)45)33-16(2)37/h8-11,14-15,20-21,23-24,32,45H,12-13H2,1-7H3,(H2,31,38)(H,33,37)(H,34,41)(H,35,40)(H,36,39)(H,42,43)/t15-,20+,21+,23+,24-/m1/s1. The summed E-state index contributed by atoms with van der Waals surface area (Å²) in [6.45, 7) is 11.1.